The largest absolute Gasteiger partial charge is 0.492 e. The Bertz CT molecular complexity index is 855. The first-order valence-corrected chi connectivity index (χ1v) is 11.6. The Morgan fingerprint density at radius 2 is 1.83 bits per heavy atom. The van der Waals surface area contributed by atoms with E-state index in [1.54, 1.807) is 16.7 Å². The summed E-state index contributed by atoms with van der Waals surface area (Å²) < 4.78 is 11.3. The number of ether oxygens (including phenoxy) is 2. The molecule has 0 aliphatic carbocycles. The van der Waals surface area contributed by atoms with Crippen molar-refractivity contribution in [2.24, 2.45) is 0 Å². The molecule has 11 heteroatoms. The minimum atomic E-state index is -0.321. The second kappa shape index (κ2) is 11.0. The number of aromatic nitrogens is 2. The summed E-state index contributed by atoms with van der Waals surface area (Å²) in [5, 5.41) is 12.2. The first-order valence-electron chi connectivity index (χ1n) is 9.75. The van der Waals surface area contributed by atoms with Crippen LogP contribution in [0.25, 0.3) is 0 Å². The summed E-state index contributed by atoms with van der Waals surface area (Å²) in [6.45, 7) is 6.63. The van der Waals surface area contributed by atoms with Crippen molar-refractivity contribution in [3.8, 4) is 5.75 Å². The monoisotopic (exact) mass is 451 g/mol. The third kappa shape index (κ3) is 5.99. The first-order chi connectivity index (χ1) is 14.6. The second-order valence-corrected chi connectivity index (χ2v) is 8.48. The van der Waals surface area contributed by atoms with Crippen molar-refractivity contribution < 1.29 is 19.1 Å². The number of carbonyl (C=O) groups is 2. The highest BCUT2D eigenvalue weighted by molar-refractivity contribution is 8.01. The third-order valence-electron chi connectivity index (χ3n) is 4.31. The lowest BCUT2D eigenvalue weighted by atomic mass is 10.3. The molecule has 1 aromatic carbocycles. The molecule has 0 saturated carbocycles. The maximum absolute atomic E-state index is 12.5. The zero-order valence-electron chi connectivity index (χ0n) is 17.0. The van der Waals surface area contributed by atoms with Crippen molar-refractivity contribution in [3.05, 3.63) is 24.3 Å². The lowest BCUT2D eigenvalue weighted by molar-refractivity contribution is -0.129. The van der Waals surface area contributed by atoms with Crippen LogP contribution in [0.2, 0.25) is 0 Å². The van der Waals surface area contributed by atoms with E-state index in [1.165, 1.54) is 23.1 Å². The van der Waals surface area contributed by atoms with Crippen molar-refractivity contribution >= 4 is 45.9 Å². The molecule has 1 N–H and O–H groups in total. The van der Waals surface area contributed by atoms with Crippen LogP contribution in [0.15, 0.2) is 28.6 Å². The highest BCUT2D eigenvalue weighted by Gasteiger charge is 2.25. The maximum Gasteiger partial charge on any atom is 0.409 e. The van der Waals surface area contributed by atoms with Gasteiger partial charge in [-0.2, -0.15) is 0 Å². The van der Waals surface area contributed by atoms with E-state index in [2.05, 4.69) is 15.5 Å². The Kier molecular flexibility index (Phi) is 8.14. The molecule has 162 valence electrons. The fourth-order valence-corrected chi connectivity index (χ4v) is 4.52. The van der Waals surface area contributed by atoms with Gasteiger partial charge in [0.25, 0.3) is 0 Å². The lowest BCUT2D eigenvalue weighted by Crippen LogP contribution is -2.51. The van der Waals surface area contributed by atoms with E-state index in [0.29, 0.717) is 48.9 Å². The molecule has 0 bridgehead atoms. The molecule has 1 fully saturated rings. The van der Waals surface area contributed by atoms with Crippen molar-refractivity contribution in [1.29, 1.82) is 0 Å². The fourth-order valence-electron chi connectivity index (χ4n) is 2.85. The Morgan fingerprint density at radius 1 is 1.10 bits per heavy atom. The summed E-state index contributed by atoms with van der Waals surface area (Å²) in [7, 11) is 0. The van der Waals surface area contributed by atoms with Crippen LogP contribution in [0, 0.1) is 0 Å². The van der Waals surface area contributed by atoms with E-state index in [4.69, 9.17) is 9.47 Å². The number of piperazine rings is 1. The van der Waals surface area contributed by atoms with Crippen LogP contribution in [0.4, 0.5) is 15.6 Å². The molecule has 2 amide bonds. The normalized spacial score (nSPS) is 13.8. The van der Waals surface area contributed by atoms with Crippen LogP contribution < -0.4 is 10.1 Å². The standard InChI is InChI=1S/C19H25N5O4S2/c1-3-27-15-8-6-5-7-14(15)20-17-21-22-18(30-17)29-13-16(25)23-9-11-24(12-10-23)19(26)28-4-2/h5-8H,3-4,9-13H2,1-2H3,(H,20,21). The van der Waals surface area contributed by atoms with E-state index in [1.807, 2.05) is 31.2 Å². The van der Waals surface area contributed by atoms with Crippen molar-refractivity contribution in [2.45, 2.75) is 18.2 Å². The molecule has 1 saturated heterocycles. The molecule has 3 rings (SSSR count). The van der Waals surface area contributed by atoms with Crippen LogP contribution in [0.3, 0.4) is 0 Å². The Balaban J connectivity index is 1.47. The fraction of sp³-hybridized carbons (Fsp3) is 0.474. The smallest absolute Gasteiger partial charge is 0.409 e. The van der Waals surface area contributed by atoms with Crippen LogP contribution in [0.5, 0.6) is 5.75 Å². The number of carbonyl (C=O) groups excluding carboxylic acids is 2. The van der Waals surface area contributed by atoms with E-state index in [0.717, 1.165) is 11.4 Å². The molecular weight excluding hydrogens is 426 g/mol. The molecule has 2 heterocycles. The Labute approximate surface area is 183 Å². The SMILES string of the molecule is CCOC(=O)N1CCN(C(=O)CSc2nnc(Nc3ccccc3OCC)s2)CC1. The molecule has 9 nitrogen and oxygen atoms in total. The third-order valence-corrected chi connectivity index (χ3v) is 6.27. The summed E-state index contributed by atoms with van der Waals surface area (Å²) in [6.07, 6.45) is -0.321. The van der Waals surface area contributed by atoms with E-state index >= 15 is 0 Å². The molecule has 0 unspecified atom stereocenters. The van der Waals surface area contributed by atoms with E-state index < -0.39 is 0 Å². The summed E-state index contributed by atoms with van der Waals surface area (Å²) in [6, 6.07) is 7.64. The maximum atomic E-state index is 12.5. The number of hydrogen-bond acceptors (Lipinski definition) is 9. The zero-order valence-corrected chi connectivity index (χ0v) is 18.6. The van der Waals surface area contributed by atoms with E-state index in [9.17, 15) is 9.59 Å². The highest BCUT2D eigenvalue weighted by Crippen LogP contribution is 2.31. The van der Waals surface area contributed by atoms with Gasteiger partial charge in [0.2, 0.25) is 11.0 Å². The average molecular weight is 452 g/mol. The lowest BCUT2D eigenvalue weighted by Gasteiger charge is -2.33. The Hall–Kier alpha value is -2.53. The molecule has 0 radical (unpaired) electrons. The van der Waals surface area contributed by atoms with Gasteiger partial charge in [0, 0.05) is 26.2 Å². The molecule has 1 aliphatic heterocycles. The van der Waals surface area contributed by atoms with Gasteiger partial charge in [-0.15, -0.1) is 10.2 Å². The van der Waals surface area contributed by atoms with Crippen LogP contribution in [-0.4, -0.2) is 77.1 Å². The van der Waals surface area contributed by atoms with Gasteiger partial charge in [0.05, 0.1) is 24.7 Å². The number of hydrogen-bond donors (Lipinski definition) is 1. The van der Waals surface area contributed by atoms with Gasteiger partial charge in [0.15, 0.2) is 4.34 Å². The van der Waals surface area contributed by atoms with Gasteiger partial charge in [-0.1, -0.05) is 35.2 Å². The van der Waals surface area contributed by atoms with Crippen molar-refractivity contribution in [3.63, 3.8) is 0 Å². The number of benzene rings is 1. The number of nitrogens with one attached hydrogen (secondary N) is 1. The van der Waals surface area contributed by atoms with Crippen LogP contribution >= 0.6 is 23.1 Å². The van der Waals surface area contributed by atoms with Gasteiger partial charge in [-0.25, -0.2) is 4.79 Å². The Morgan fingerprint density at radius 3 is 2.57 bits per heavy atom. The minimum absolute atomic E-state index is 0.0231. The molecule has 0 atom stereocenters. The quantitative estimate of drug-likeness (QED) is 0.612. The molecule has 1 aliphatic rings. The van der Waals surface area contributed by atoms with Crippen LogP contribution in [-0.2, 0) is 9.53 Å². The van der Waals surface area contributed by atoms with Gasteiger partial charge in [-0.05, 0) is 26.0 Å². The van der Waals surface area contributed by atoms with Gasteiger partial charge < -0.3 is 24.6 Å². The first kappa shape index (κ1) is 22.2. The summed E-state index contributed by atoms with van der Waals surface area (Å²) >= 11 is 2.75. The number of para-hydroxylation sites is 2. The van der Waals surface area contributed by atoms with Crippen LogP contribution in [0.1, 0.15) is 13.8 Å². The summed E-state index contributed by atoms with van der Waals surface area (Å²) in [4.78, 5) is 27.6. The molecule has 0 spiro atoms. The molecule has 1 aromatic heterocycles. The highest BCUT2D eigenvalue weighted by atomic mass is 32.2. The number of amides is 2. The van der Waals surface area contributed by atoms with Gasteiger partial charge in [0.1, 0.15) is 5.75 Å². The zero-order chi connectivity index (χ0) is 21.3. The molecule has 30 heavy (non-hydrogen) atoms. The second-order valence-electron chi connectivity index (χ2n) is 6.28. The topological polar surface area (TPSA) is 96.9 Å². The number of nitrogens with zero attached hydrogens (tertiary/aromatic N) is 4. The number of thioether (sulfide) groups is 1. The van der Waals surface area contributed by atoms with Gasteiger partial charge in [-0.3, -0.25) is 4.79 Å². The van der Waals surface area contributed by atoms with Crippen molar-refractivity contribution in [2.75, 3.05) is 50.5 Å². The summed E-state index contributed by atoms with van der Waals surface area (Å²) in [5.74, 6) is 1.06. The average Bonchev–Trinajstić information content (AvgIpc) is 3.21. The number of rotatable bonds is 8. The predicted molar refractivity (Wildman–Crippen MR) is 117 cm³/mol. The predicted octanol–water partition coefficient (Wildman–Crippen LogP) is 3.07. The minimum Gasteiger partial charge on any atom is -0.492 e. The summed E-state index contributed by atoms with van der Waals surface area (Å²) in [5.41, 5.74) is 0.822. The van der Waals surface area contributed by atoms with Gasteiger partial charge >= 0.3 is 6.09 Å². The molecule has 2 aromatic rings. The van der Waals surface area contributed by atoms with Crippen molar-refractivity contribution in [1.82, 2.24) is 20.0 Å². The van der Waals surface area contributed by atoms with E-state index in [-0.39, 0.29) is 17.8 Å². The number of anilines is 2. The molecular formula is C19H25N5O4S2.